The fourth-order valence-corrected chi connectivity index (χ4v) is 4.83. The number of nitrogens with one attached hydrogen (secondary N) is 1. The highest BCUT2D eigenvalue weighted by molar-refractivity contribution is 6.37. The first-order valence-electron chi connectivity index (χ1n) is 12.2. The van der Waals surface area contributed by atoms with E-state index >= 15 is 0 Å². The van der Waals surface area contributed by atoms with Crippen LogP contribution in [-0.2, 0) is 28.9 Å². The Morgan fingerprint density at radius 2 is 1.83 bits per heavy atom. The Morgan fingerprint density at radius 1 is 1.11 bits per heavy atom. The Bertz CT molecular complexity index is 1210. The van der Waals surface area contributed by atoms with Crippen LogP contribution < -0.4 is 5.56 Å². The minimum Gasteiger partial charge on any atom is -0.333 e. The van der Waals surface area contributed by atoms with Crippen molar-refractivity contribution in [2.24, 2.45) is 5.41 Å². The lowest BCUT2D eigenvalue weighted by Crippen LogP contribution is -2.57. The number of pyridine rings is 1. The number of hydrogen-bond acceptors (Lipinski definition) is 6. The van der Waals surface area contributed by atoms with Crippen molar-refractivity contribution in [3.63, 3.8) is 0 Å². The highest BCUT2D eigenvalue weighted by atomic mass is 16.2. The summed E-state index contributed by atoms with van der Waals surface area (Å²) in [6, 6.07) is 3.36. The molecule has 2 aliphatic rings. The van der Waals surface area contributed by atoms with Crippen LogP contribution in [0.25, 0.3) is 0 Å². The topological polar surface area (TPSA) is 116 Å². The SMILES string of the molecule is C[C@H]1CN(C(=O)c2cc(Cc3n[nH]c(=O)c4c3CCCC4)ccn2)CCN1C(=O)C(=O)C(C)(C)C. The smallest absolute Gasteiger partial charge is 0.290 e. The van der Waals surface area contributed by atoms with E-state index < -0.39 is 17.1 Å². The number of rotatable bonds is 4. The third-order valence-corrected chi connectivity index (χ3v) is 6.85. The monoisotopic (exact) mass is 479 g/mol. The normalized spacial score (nSPS) is 18.2. The van der Waals surface area contributed by atoms with Gasteiger partial charge in [0.1, 0.15) is 5.69 Å². The van der Waals surface area contributed by atoms with Crippen LogP contribution in [0.5, 0.6) is 0 Å². The Kier molecular flexibility index (Phi) is 6.87. The van der Waals surface area contributed by atoms with Crippen LogP contribution in [0.2, 0.25) is 0 Å². The van der Waals surface area contributed by atoms with Gasteiger partial charge in [-0.25, -0.2) is 5.10 Å². The minimum atomic E-state index is -0.742. The maximum Gasteiger partial charge on any atom is 0.290 e. The molecule has 2 amide bonds. The fraction of sp³-hybridized carbons (Fsp3) is 0.538. The number of hydrogen-bond donors (Lipinski definition) is 1. The average Bonchev–Trinajstić information content (AvgIpc) is 2.84. The third kappa shape index (κ3) is 5.18. The lowest BCUT2D eigenvalue weighted by atomic mass is 9.89. The molecule has 1 N–H and O–H groups in total. The summed E-state index contributed by atoms with van der Waals surface area (Å²) in [4.78, 5) is 58.0. The number of H-pyrrole nitrogens is 1. The standard InChI is InChI=1S/C26H33N5O4/c1-16-15-30(11-12-31(16)25(35)22(32)26(2,3)4)24(34)21-14-17(9-10-27-21)13-20-18-7-5-6-8-19(18)23(33)29-28-20/h9-10,14,16H,5-8,11-13,15H2,1-4H3,(H,29,33)/t16-/m0/s1. The first-order chi connectivity index (χ1) is 16.6. The summed E-state index contributed by atoms with van der Waals surface area (Å²) in [7, 11) is 0. The number of aromatic nitrogens is 3. The van der Waals surface area contributed by atoms with Crippen molar-refractivity contribution in [2.75, 3.05) is 19.6 Å². The predicted octanol–water partition coefficient (Wildman–Crippen LogP) is 1.92. The number of amides is 2. The lowest BCUT2D eigenvalue weighted by Gasteiger charge is -2.40. The molecule has 1 aliphatic carbocycles. The van der Waals surface area contributed by atoms with Crippen molar-refractivity contribution in [1.82, 2.24) is 25.0 Å². The van der Waals surface area contributed by atoms with Gasteiger partial charge in [-0.05, 0) is 55.9 Å². The van der Waals surface area contributed by atoms with E-state index in [0.29, 0.717) is 31.7 Å². The van der Waals surface area contributed by atoms with Crippen molar-refractivity contribution in [3.05, 3.63) is 56.8 Å². The molecule has 1 fully saturated rings. The van der Waals surface area contributed by atoms with E-state index in [1.807, 2.05) is 13.0 Å². The maximum atomic E-state index is 13.2. The first-order valence-corrected chi connectivity index (χ1v) is 12.2. The molecule has 9 heteroatoms. The van der Waals surface area contributed by atoms with Gasteiger partial charge in [-0.3, -0.25) is 24.2 Å². The number of carbonyl (C=O) groups excluding carboxylic acids is 3. The highest BCUT2D eigenvalue weighted by Crippen LogP contribution is 2.23. The molecule has 186 valence electrons. The van der Waals surface area contributed by atoms with Crippen molar-refractivity contribution < 1.29 is 14.4 Å². The molecule has 35 heavy (non-hydrogen) atoms. The molecule has 0 bridgehead atoms. The van der Waals surface area contributed by atoms with Crippen LogP contribution in [0.1, 0.15) is 73.4 Å². The Labute approximate surface area is 204 Å². The molecule has 9 nitrogen and oxygen atoms in total. The van der Waals surface area contributed by atoms with Gasteiger partial charge in [-0.2, -0.15) is 5.10 Å². The number of Topliss-reactive ketones (excluding diaryl/α,β-unsaturated/α-hetero) is 1. The molecule has 0 saturated carbocycles. The van der Waals surface area contributed by atoms with E-state index in [1.165, 1.54) is 0 Å². The van der Waals surface area contributed by atoms with Gasteiger partial charge in [0.05, 0.1) is 5.69 Å². The molecule has 4 rings (SSSR count). The summed E-state index contributed by atoms with van der Waals surface area (Å²) in [6.07, 6.45) is 5.79. The predicted molar refractivity (Wildman–Crippen MR) is 130 cm³/mol. The van der Waals surface area contributed by atoms with Crippen molar-refractivity contribution >= 4 is 17.6 Å². The summed E-state index contributed by atoms with van der Waals surface area (Å²) in [5, 5.41) is 6.92. The van der Waals surface area contributed by atoms with E-state index in [1.54, 1.807) is 42.8 Å². The van der Waals surface area contributed by atoms with Gasteiger partial charge in [0.15, 0.2) is 0 Å². The van der Waals surface area contributed by atoms with Gasteiger partial charge in [0.25, 0.3) is 17.4 Å². The number of aromatic amines is 1. The summed E-state index contributed by atoms with van der Waals surface area (Å²) in [5.74, 6) is -1.12. The largest absolute Gasteiger partial charge is 0.333 e. The molecule has 3 heterocycles. The summed E-state index contributed by atoms with van der Waals surface area (Å²) < 4.78 is 0. The van der Waals surface area contributed by atoms with Gasteiger partial charge < -0.3 is 9.80 Å². The van der Waals surface area contributed by atoms with Gasteiger partial charge in [-0.15, -0.1) is 0 Å². The van der Waals surface area contributed by atoms with Gasteiger partial charge >= 0.3 is 0 Å². The number of carbonyl (C=O) groups is 3. The molecule has 0 unspecified atom stereocenters. The molecular weight excluding hydrogens is 446 g/mol. The van der Waals surface area contributed by atoms with Crippen LogP contribution in [0.15, 0.2) is 23.1 Å². The Morgan fingerprint density at radius 3 is 2.51 bits per heavy atom. The van der Waals surface area contributed by atoms with Crippen molar-refractivity contribution in [2.45, 2.75) is 65.8 Å². The molecule has 2 aromatic heterocycles. The van der Waals surface area contributed by atoms with Crippen LogP contribution in [-0.4, -0.2) is 68.3 Å². The second-order valence-electron chi connectivity index (χ2n) is 10.6. The van der Waals surface area contributed by atoms with Crippen molar-refractivity contribution in [1.29, 1.82) is 0 Å². The van der Waals surface area contributed by atoms with E-state index in [4.69, 9.17) is 0 Å². The summed E-state index contributed by atoms with van der Waals surface area (Å²) in [5.41, 5.74) is 3.08. The van der Waals surface area contributed by atoms with E-state index in [2.05, 4.69) is 15.2 Å². The molecule has 1 atom stereocenters. The first kappa shape index (κ1) is 24.8. The third-order valence-electron chi connectivity index (χ3n) is 6.85. The molecule has 0 spiro atoms. The lowest BCUT2D eigenvalue weighted by molar-refractivity contribution is -0.151. The second kappa shape index (κ2) is 9.71. The van der Waals surface area contributed by atoms with Gasteiger partial charge in [-0.1, -0.05) is 20.8 Å². The number of nitrogens with zero attached hydrogens (tertiary/aromatic N) is 4. The average molecular weight is 480 g/mol. The minimum absolute atomic E-state index is 0.106. The molecule has 0 radical (unpaired) electrons. The van der Waals surface area contributed by atoms with Crippen LogP contribution in [0, 0.1) is 5.41 Å². The molecule has 1 saturated heterocycles. The molecule has 0 aromatic carbocycles. The number of fused-ring (bicyclic) bond motifs is 1. The van der Waals surface area contributed by atoms with Crippen LogP contribution >= 0.6 is 0 Å². The highest BCUT2D eigenvalue weighted by Gasteiger charge is 2.37. The van der Waals surface area contributed by atoms with Crippen LogP contribution in [0.4, 0.5) is 0 Å². The zero-order chi connectivity index (χ0) is 25.3. The molecule has 1 aliphatic heterocycles. The molecule has 2 aromatic rings. The Balaban J connectivity index is 1.46. The van der Waals surface area contributed by atoms with E-state index in [0.717, 1.165) is 48.1 Å². The Hall–Kier alpha value is -3.36. The fourth-order valence-electron chi connectivity index (χ4n) is 4.83. The van der Waals surface area contributed by atoms with E-state index in [-0.39, 0.29) is 17.5 Å². The number of ketones is 1. The number of piperazine rings is 1. The summed E-state index contributed by atoms with van der Waals surface area (Å²) >= 11 is 0. The van der Waals surface area contributed by atoms with Gasteiger partial charge in [0.2, 0.25) is 5.78 Å². The maximum absolute atomic E-state index is 13.2. The van der Waals surface area contributed by atoms with E-state index in [9.17, 15) is 19.2 Å². The second-order valence-corrected chi connectivity index (χ2v) is 10.6. The van der Waals surface area contributed by atoms with Crippen LogP contribution in [0.3, 0.4) is 0 Å². The van der Waals surface area contributed by atoms with Gasteiger partial charge in [0, 0.05) is 49.3 Å². The molecular formula is C26H33N5O4. The quantitative estimate of drug-likeness (QED) is 0.670. The zero-order valence-electron chi connectivity index (χ0n) is 20.9. The van der Waals surface area contributed by atoms with Crippen molar-refractivity contribution in [3.8, 4) is 0 Å². The zero-order valence-corrected chi connectivity index (χ0v) is 20.9. The summed E-state index contributed by atoms with van der Waals surface area (Å²) in [6.45, 7) is 8.02.